The quantitative estimate of drug-likeness (QED) is 0.894. The van der Waals surface area contributed by atoms with Crippen molar-refractivity contribution in [2.45, 2.75) is 25.3 Å². The molecule has 102 valence electrons. The van der Waals surface area contributed by atoms with Gasteiger partial charge >= 0.3 is 5.97 Å². The van der Waals surface area contributed by atoms with E-state index in [0.717, 1.165) is 12.1 Å². The molecule has 1 aromatic carbocycles. The van der Waals surface area contributed by atoms with Gasteiger partial charge in [-0.1, -0.05) is 30.3 Å². The molecule has 1 aliphatic rings. The van der Waals surface area contributed by atoms with Crippen LogP contribution in [0.25, 0.3) is 0 Å². The van der Waals surface area contributed by atoms with E-state index in [1.807, 2.05) is 25.1 Å². The molecular formula is C16H16N2O2. The summed E-state index contributed by atoms with van der Waals surface area (Å²) in [5.74, 6) is -0.0296. The smallest absolute Gasteiger partial charge is 0.339 e. The molecule has 2 atom stereocenters. The van der Waals surface area contributed by atoms with Crippen molar-refractivity contribution < 1.29 is 9.90 Å². The zero-order valence-electron chi connectivity index (χ0n) is 11.2. The predicted octanol–water partition coefficient (Wildman–Crippen LogP) is 3.06. The molecule has 2 unspecified atom stereocenters. The summed E-state index contributed by atoms with van der Waals surface area (Å²) >= 11 is 0. The van der Waals surface area contributed by atoms with Crippen molar-refractivity contribution in [3.8, 4) is 0 Å². The summed E-state index contributed by atoms with van der Waals surface area (Å²) in [6.45, 7) is 1.86. The minimum atomic E-state index is -0.947. The summed E-state index contributed by atoms with van der Waals surface area (Å²) in [6.07, 6.45) is 1.01. The van der Waals surface area contributed by atoms with E-state index in [4.69, 9.17) is 0 Å². The van der Waals surface area contributed by atoms with Crippen LogP contribution in [0, 0.1) is 6.92 Å². The molecule has 20 heavy (non-hydrogen) atoms. The molecule has 0 aliphatic heterocycles. The Labute approximate surface area is 117 Å². The Hall–Kier alpha value is -2.36. The summed E-state index contributed by atoms with van der Waals surface area (Å²) in [5.41, 5.74) is 2.33. The molecule has 1 fully saturated rings. The lowest BCUT2D eigenvalue weighted by Gasteiger charge is -2.09. The van der Waals surface area contributed by atoms with E-state index in [0.29, 0.717) is 11.7 Å². The Morgan fingerprint density at radius 3 is 2.70 bits per heavy atom. The molecule has 1 heterocycles. The van der Waals surface area contributed by atoms with E-state index in [2.05, 4.69) is 22.4 Å². The van der Waals surface area contributed by atoms with Crippen LogP contribution in [0.5, 0.6) is 0 Å². The van der Waals surface area contributed by atoms with Gasteiger partial charge in [-0.25, -0.2) is 9.78 Å². The van der Waals surface area contributed by atoms with Gasteiger partial charge in [0.25, 0.3) is 0 Å². The van der Waals surface area contributed by atoms with Crippen LogP contribution in [0.3, 0.4) is 0 Å². The van der Waals surface area contributed by atoms with Gasteiger partial charge < -0.3 is 10.4 Å². The highest BCUT2D eigenvalue weighted by molar-refractivity contribution is 5.93. The Bertz CT molecular complexity index is 640. The SMILES string of the molecule is Cc1ccc(C(=O)O)c(NC2CC2c2ccccc2)n1. The number of hydrogen-bond donors (Lipinski definition) is 2. The van der Waals surface area contributed by atoms with E-state index in [1.165, 1.54) is 5.56 Å². The maximum absolute atomic E-state index is 11.2. The normalized spacial score (nSPS) is 20.4. The average Bonchev–Trinajstić information content (AvgIpc) is 3.19. The van der Waals surface area contributed by atoms with Crippen molar-refractivity contribution in [3.63, 3.8) is 0 Å². The van der Waals surface area contributed by atoms with Crippen molar-refractivity contribution in [3.05, 3.63) is 59.3 Å². The third-order valence-electron chi connectivity index (χ3n) is 3.61. The first-order valence-corrected chi connectivity index (χ1v) is 6.67. The van der Waals surface area contributed by atoms with Crippen LogP contribution in [0.1, 0.15) is 34.0 Å². The highest BCUT2D eigenvalue weighted by atomic mass is 16.4. The molecule has 0 amide bonds. The number of pyridine rings is 1. The number of carboxylic acid groups (broad SMARTS) is 1. The number of aromatic carboxylic acids is 1. The molecule has 0 bridgehead atoms. The lowest BCUT2D eigenvalue weighted by molar-refractivity contribution is 0.0697. The van der Waals surface area contributed by atoms with Crippen LogP contribution in [-0.2, 0) is 0 Å². The minimum Gasteiger partial charge on any atom is -0.478 e. The van der Waals surface area contributed by atoms with E-state index >= 15 is 0 Å². The Morgan fingerprint density at radius 2 is 2.00 bits per heavy atom. The topological polar surface area (TPSA) is 62.2 Å². The molecule has 4 nitrogen and oxygen atoms in total. The molecule has 2 N–H and O–H groups in total. The van der Waals surface area contributed by atoms with Gasteiger partial charge in [-0.15, -0.1) is 0 Å². The standard InChI is InChI=1S/C16H16N2O2/c1-10-7-8-12(16(19)20)15(17-10)18-14-9-13(14)11-5-3-2-4-6-11/h2-8,13-14H,9H2,1H3,(H,17,18)(H,19,20). The summed E-state index contributed by atoms with van der Waals surface area (Å²) in [6, 6.07) is 13.9. The van der Waals surface area contributed by atoms with Gasteiger partial charge in [-0.3, -0.25) is 0 Å². The summed E-state index contributed by atoms with van der Waals surface area (Å²) in [5, 5.41) is 12.5. The number of aryl methyl sites for hydroxylation is 1. The molecule has 1 aliphatic carbocycles. The van der Waals surface area contributed by atoms with Gasteiger partial charge in [0.15, 0.2) is 0 Å². The highest BCUT2D eigenvalue weighted by Crippen LogP contribution is 2.42. The number of hydrogen-bond acceptors (Lipinski definition) is 3. The zero-order chi connectivity index (χ0) is 14.1. The molecule has 0 radical (unpaired) electrons. The van der Waals surface area contributed by atoms with Gasteiger partial charge in [0.1, 0.15) is 11.4 Å². The molecule has 0 saturated heterocycles. The second-order valence-corrected chi connectivity index (χ2v) is 5.16. The average molecular weight is 268 g/mol. The van der Waals surface area contributed by atoms with Crippen LogP contribution in [0.2, 0.25) is 0 Å². The fraction of sp³-hybridized carbons (Fsp3) is 0.250. The molecule has 2 aromatic rings. The molecule has 3 rings (SSSR count). The maximum atomic E-state index is 11.2. The third kappa shape index (κ3) is 2.50. The van der Waals surface area contributed by atoms with Gasteiger partial charge in [0.05, 0.1) is 0 Å². The van der Waals surface area contributed by atoms with E-state index in [-0.39, 0.29) is 11.6 Å². The summed E-state index contributed by atoms with van der Waals surface area (Å²) in [4.78, 5) is 15.5. The molecule has 4 heteroatoms. The number of rotatable bonds is 4. The monoisotopic (exact) mass is 268 g/mol. The van der Waals surface area contributed by atoms with Crippen molar-refractivity contribution in [1.82, 2.24) is 4.98 Å². The van der Waals surface area contributed by atoms with Crippen molar-refractivity contribution >= 4 is 11.8 Å². The number of anilines is 1. The number of aromatic nitrogens is 1. The van der Waals surface area contributed by atoms with Crippen LogP contribution in [0.15, 0.2) is 42.5 Å². The number of carbonyl (C=O) groups is 1. The largest absolute Gasteiger partial charge is 0.478 e. The van der Waals surface area contributed by atoms with E-state index in [9.17, 15) is 9.90 Å². The van der Waals surface area contributed by atoms with Crippen LogP contribution >= 0.6 is 0 Å². The Balaban J connectivity index is 1.77. The van der Waals surface area contributed by atoms with Crippen molar-refractivity contribution in [1.29, 1.82) is 0 Å². The minimum absolute atomic E-state index is 0.231. The first-order chi connectivity index (χ1) is 9.65. The molecular weight excluding hydrogens is 252 g/mol. The van der Waals surface area contributed by atoms with Gasteiger partial charge in [0.2, 0.25) is 0 Å². The van der Waals surface area contributed by atoms with Crippen LogP contribution in [0.4, 0.5) is 5.82 Å². The van der Waals surface area contributed by atoms with Crippen molar-refractivity contribution in [2.75, 3.05) is 5.32 Å². The lowest BCUT2D eigenvalue weighted by Crippen LogP contribution is -2.11. The van der Waals surface area contributed by atoms with Crippen LogP contribution in [-0.4, -0.2) is 22.1 Å². The van der Waals surface area contributed by atoms with E-state index < -0.39 is 5.97 Å². The molecule has 0 spiro atoms. The second-order valence-electron chi connectivity index (χ2n) is 5.16. The van der Waals surface area contributed by atoms with Gasteiger partial charge in [0, 0.05) is 17.7 Å². The second kappa shape index (κ2) is 4.96. The fourth-order valence-electron chi connectivity index (χ4n) is 2.44. The first kappa shape index (κ1) is 12.7. The predicted molar refractivity (Wildman–Crippen MR) is 77.1 cm³/mol. The number of nitrogens with zero attached hydrogens (tertiary/aromatic N) is 1. The Kier molecular flexibility index (Phi) is 3.14. The lowest BCUT2D eigenvalue weighted by atomic mass is 10.1. The molecule has 1 aromatic heterocycles. The number of carboxylic acids is 1. The van der Waals surface area contributed by atoms with E-state index in [1.54, 1.807) is 12.1 Å². The summed E-state index contributed by atoms with van der Waals surface area (Å²) < 4.78 is 0. The van der Waals surface area contributed by atoms with Gasteiger partial charge in [-0.2, -0.15) is 0 Å². The van der Waals surface area contributed by atoms with Crippen LogP contribution < -0.4 is 5.32 Å². The molecule has 1 saturated carbocycles. The number of nitrogens with one attached hydrogen (secondary N) is 1. The third-order valence-corrected chi connectivity index (χ3v) is 3.61. The van der Waals surface area contributed by atoms with Gasteiger partial charge in [-0.05, 0) is 31.0 Å². The summed E-state index contributed by atoms with van der Waals surface area (Å²) in [7, 11) is 0. The van der Waals surface area contributed by atoms with Crippen molar-refractivity contribution in [2.24, 2.45) is 0 Å². The first-order valence-electron chi connectivity index (χ1n) is 6.67. The number of benzene rings is 1. The highest BCUT2D eigenvalue weighted by Gasteiger charge is 2.39. The Morgan fingerprint density at radius 1 is 1.25 bits per heavy atom. The maximum Gasteiger partial charge on any atom is 0.339 e. The zero-order valence-corrected chi connectivity index (χ0v) is 11.2. The fourth-order valence-corrected chi connectivity index (χ4v) is 2.44.